The molecule has 1 saturated carbocycles. The smallest absolute Gasteiger partial charge is 0.435 e. The molecule has 2 heterocycles. The van der Waals surface area contributed by atoms with E-state index in [0.717, 1.165) is 18.6 Å². The number of rotatable bonds is 6. The molecule has 0 unspecified atom stereocenters. The van der Waals surface area contributed by atoms with Crippen LogP contribution < -0.4 is 15.8 Å². The summed E-state index contributed by atoms with van der Waals surface area (Å²) >= 11 is 0. The van der Waals surface area contributed by atoms with E-state index in [2.05, 4.69) is 25.5 Å². The summed E-state index contributed by atoms with van der Waals surface area (Å²) in [6.07, 6.45) is -2.65. The lowest BCUT2D eigenvalue weighted by Gasteiger charge is -2.13. The highest BCUT2D eigenvalue weighted by Gasteiger charge is 2.33. The summed E-state index contributed by atoms with van der Waals surface area (Å²) in [5.74, 6) is -0.0114. The van der Waals surface area contributed by atoms with Crippen molar-refractivity contribution >= 4 is 17.5 Å². The van der Waals surface area contributed by atoms with Gasteiger partial charge in [-0.3, -0.25) is 9.59 Å². The topological polar surface area (TPSA) is 133 Å². The van der Waals surface area contributed by atoms with Gasteiger partial charge >= 0.3 is 6.18 Å². The Hall–Kier alpha value is -4.09. The SMILES string of the molecule is NC(=O)c1cc(N[C@H]2CCCC2=O)nc(-c2ccc(Oc3ccc(C(F)(F)F)nn3)cc2)n1. The number of hydrogen-bond acceptors (Lipinski definition) is 8. The van der Waals surface area contributed by atoms with Crippen LogP contribution in [-0.2, 0) is 11.0 Å². The fourth-order valence-corrected chi connectivity index (χ4v) is 3.24. The van der Waals surface area contributed by atoms with Crippen molar-refractivity contribution in [2.45, 2.75) is 31.5 Å². The maximum absolute atomic E-state index is 12.6. The Bertz CT molecular complexity index is 1180. The van der Waals surface area contributed by atoms with Crippen LogP contribution in [0.5, 0.6) is 11.6 Å². The van der Waals surface area contributed by atoms with Gasteiger partial charge in [-0.15, -0.1) is 10.2 Å². The lowest BCUT2D eigenvalue weighted by Crippen LogP contribution is -2.25. The van der Waals surface area contributed by atoms with Crippen LogP contribution in [-0.4, -0.2) is 37.9 Å². The molecule has 1 atom stereocenters. The highest BCUT2D eigenvalue weighted by atomic mass is 19.4. The molecule has 12 heteroatoms. The van der Waals surface area contributed by atoms with Gasteiger partial charge in [-0.25, -0.2) is 9.97 Å². The monoisotopic (exact) mass is 458 g/mol. The standard InChI is InChI=1S/C21H17F3N6O3/c22-21(23,24)16-8-9-18(30-29-16)33-12-6-4-11(5-7-12)20-27-14(19(25)32)10-17(28-20)26-13-2-1-3-15(13)31/h4-10,13H,1-3H2,(H2,25,32)(H,26,27,28)/t13-/m0/s1. The molecule has 0 radical (unpaired) electrons. The van der Waals surface area contributed by atoms with Crippen LogP contribution in [0, 0.1) is 0 Å². The van der Waals surface area contributed by atoms with Gasteiger partial charge in [-0.2, -0.15) is 13.2 Å². The summed E-state index contributed by atoms with van der Waals surface area (Å²) in [5.41, 5.74) is 4.76. The number of primary amides is 1. The third-order valence-corrected chi connectivity index (χ3v) is 4.87. The van der Waals surface area contributed by atoms with Crippen LogP contribution in [0.25, 0.3) is 11.4 Å². The predicted molar refractivity (Wildman–Crippen MR) is 109 cm³/mol. The second kappa shape index (κ2) is 8.81. The highest BCUT2D eigenvalue weighted by Crippen LogP contribution is 2.29. The zero-order valence-electron chi connectivity index (χ0n) is 17.0. The molecular formula is C21H17F3N6O3. The van der Waals surface area contributed by atoms with Gasteiger partial charge < -0.3 is 15.8 Å². The Labute approximate surface area is 185 Å². The summed E-state index contributed by atoms with van der Waals surface area (Å²) in [4.78, 5) is 32.2. The molecule has 3 N–H and O–H groups in total. The number of anilines is 1. The third-order valence-electron chi connectivity index (χ3n) is 4.87. The van der Waals surface area contributed by atoms with Crippen LogP contribution in [0.2, 0.25) is 0 Å². The molecule has 0 spiro atoms. The van der Waals surface area contributed by atoms with Gasteiger partial charge in [0, 0.05) is 24.1 Å². The second-order valence-corrected chi connectivity index (χ2v) is 7.26. The summed E-state index contributed by atoms with van der Waals surface area (Å²) < 4.78 is 43.2. The lowest BCUT2D eigenvalue weighted by molar-refractivity contribution is -0.141. The van der Waals surface area contributed by atoms with Crippen molar-refractivity contribution in [2.75, 3.05) is 5.32 Å². The molecule has 0 aliphatic heterocycles. The van der Waals surface area contributed by atoms with Gasteiger partial charge in [0.05, 0.1) is 6.04 Å². The number of ketones is 1. The fraction of sp³-hybridized carbons (Fsp3) is 0.238. The first-order valence-electron chi connectivity index (χ1n) is 9.86. The van der Waals surface area contributed by atoms with Crippen molar-refractivity contribution in [1.82, 2.24) is 20.2 Å². The number of nitrogens with one attached hydrogen (secondary N) is 1. The molecule has 9 nitrogen and oxygen atoms in total. The van der Waals surface area contributed by atoms with Crippen molar-refractivity contribution in [2.24, 2.45) is 5.73 Å². The average Bonchev–Trinajstić information content (AvgIpc) is 3.18. The molecule has 1 amide bonds. The lowest BCUT2D eigenvalue weighted by atomic mass is 10.2. The number of carbonyl (C=O) groups is 2. The summed E-state index contributed by atoms with van der Waals surface area (Å²) in [7, 11) is 0. The largest absolute Gasteiger partial charge is 0.438 e. The molecule has 2 aromatic heterocycles. The first kappa shape index (κ1) is 22.1. The Morgan fingerprint density at radius 1 is 1.09 bits per heavy atom. The van der Waals surface area contributed by atoms with Crippen molar-refractivity contribution in [3.8, 4) is 23.0 Å². The number of benzene rings is 1. The van der Waals surface area contributed by atoms with Gasteiger partial charge in [0.2, 0.25) is 5.88 Å². The highest BCUT2D eigenvalue weighted by molar-refractivity contribution is 5.92. The van der Waals surface area contributed by atoms with Gasteiger partial charge in [0.25, 0.3) is 5.91 Å². The number of halogens is 3. The Kier molecular flexibility index (Phi) is 5.90. The van der Waals surface area contributed by atoms with Crippen molar-refractivity contribution < 1.29 is 27.5 Å². The maximum atomic E-state index is 12.6. The molecule has 1 aliphatic carbocycles. The van der Waals surface area contributed by atoms with Gasteiger partial charge in [-0.05, 0) is 43.2 Å². The number of nitrogens with two attached hydrogens (primary N) is 1. The van der Waals surface area contributed by atoms with Crippen LogP contribution in [0.1, 0.15) is 35.4 Å². The van der Waals surface area contributed by atoms with Crippen molar-refractivity contribution in [1.29, 1.82) is 0 Å². The fourth-order valence-electron chi connectivity index (χ4n) is 3.24. The van der Waals surface area contributed by atoms with Crippen LogP contribution in [0.4, 0.5) is 19.0 Å². The number of alkyl halides is 3. The zero-order valence-corrected chi connectivity index (χ0v) is 17.0. The first-order chi connectivity index (χ1) is 15.7. The van der Waals surface area contributed by atoms with Crippen LogP contribution >= 0.6 is 0 Å². The number of carbonyl (C=O) groups excluding carboxylic acids is 2. The van der Waals surface area contributed by atoms with E-state index in [4.69, 9.17) is 10.5 Å². The van der Waals surface area contributed by atoms with E-state index in [1.807, 2.05) is 0 Å². The molecule has 4 rings (SSSR count). The van der Waals surface area contributed by atoms with E-state index in [-0.39, 0.29) is 35.0 Å². The zero-order chi connectivity index (χ0) is 23.6. The number of Topliss-reactive ketones (excluding diaryl/α,β-unsaturated/α-hetero) is 1. The van der Waals surface area contributed by atoms with Crippen LogP contribution in [0.15, 0.2) is 42.5 Å². The van der Waals surface area contributed by atoms with Gasteiger partial charge in [0.15, 0.2) is 17.3 Å². The third kappa shape index (κ3) is 5.22. The normalized spacial score (nSPS) is 16.0. The van der Waals surface area contributed by atoms with E-state index in [1.165, 1.54) is 18.2 Å². The molecule has 1 aromatic carbocycles. The van der Waals surface area contributed by atoms with Gasteiger partial charge in [0.1, 0.15) is 17.3 Å². The molecule has 1 aliphatic rings. The molecule has 0 saturated heterocycles. The Balaban J connectivity index is 1.54. The molecular weight excluding hydrogens is 441 g/mol. The predicted octanol–water partition coefficient (Wildman–Crippen LogP) is 3.38. The molecule has 1 fully saturated rings. The molecule has 33 heavy (non-hydrogen) atoms. The van der Waals surface area contributed by atoms with Gasteiger partial charge in [-0.1, -0.05) is 0 Å². The molecule has 170 valence electrons. The first-order valence-corrected chi connectivity index (χ1v) is 9.86. The van der Waals surface area contributed by atoms with E-state index < -0.39 is 17.8 Å². The minimum Gasteiger partial charge on any atom is -0.438 e. The minimum atomic E-state index is -4.59. The molecule has 3 aromatic rings. The number of ether oxygens (including phenoxy) is 1. The summed E-state index contributed by atoms with van der Waals surface area (Å²) in [6.45, 7) is 0. The summed E-state index contributed by atoms with van der Waals surface area (Å²) in [6, 6.07) is 9.08. The Morgan fingerprint density at radius 2 is 1.85 bits per heavy atom. The summed E-state index contributed by atoms with van der Waals surface area (Å²) in [5, 5.41) is 9.54. The number of hydrogen-bond donors (Lipinski definition) is 2. The minimum absolute atomic E-state index is 0.0201. The van der Waals surface area contributed by atoms with Crippen molar-refractivity contribution in [3.05, 3.63) is 53.9 Å². The maximum Gasteiger partial charge on any atom is 0.435 e. The molecule has 0 bridgehead atoms. The Morgan fingerprint density at radius 3 is 2.42 bits per heavy atom. The van der Waals surface area contributed by atoms with E-state index >= 15 is 0 Å². The van der Waals surface area contributed by atoms with Crippen LogP contribution in [0.3, 0.4) is 0 Å². The average molecular weight is 458 g/mol. The van der Waals surface area contributed by atoms with E-state index in [9.17, 15) is 22.8 Å². The van der Waals surface area contributed by atoms with E-state index in [1.54, 1.807) is 12.1 Å². The van der Waals surface area contributed by atoms with E-state index in [0.29, 0.717) is 24.2 Å². The second-order valence-electron chi connectivity index (χ2n) is 7.26. The van der Waals surface area contributed by atoms with Crippen molar-refractivity contribution in [3.63, 3.8) is 0 Å². The number of aromatic nitrogens is 4. The quantitative estimate of drug-likeness (QED) is 0.574. The number of nitrogens with zero attached hydrogens (tertiary/aromatic N) is 4. The number of amides is 1.